The van der Waals surface area contributed by atoms with Crippen molar-refractivity contribution in [3.05, 3.63) is 64.7 Å². The number of nitrogens with one attached hydrogen (secondary N) is 1. The van der Waals surface area contributed by atoms with Crippen LogP contribution < -0.4 is 10.1 Å². The smallest absolute Gasteiger partial charge is 0.251 e. The van der Waals surface area contributed by atoms with E-state index in [1.54, 1.807) is 37.4 Å². The molecule has 0 fully saturated rings. The van der Waals surface area contributed by atoms with E-state index < -0.39 is 6.10 Å². The molecule has 0 heterocycles. The maximum absolute atomic E-state index is 12.2. The summed E-state index contributed by atoms with van der Waals surface area (Å²) in [6.45, 7) is 4.06. The lowest BCUT2D eigenvalue weighted by Gasteiger charge is -2.14. The molecular formula is C18H21NO3. The molecule has 0 bridgehead atoms. The molecule has 0 saturated carbocycles. The lowest BCUT2D eigenvalue weighted by molar-refractivity contribution is 0.0915. The standard InChI is InChI=1S/C18H21NO3/c1-12-5-4-6-16(13(12)2)18(21)19-11-17(20)14-7-9-15(22-3)10-8-14/h4-10,17,20H,11H2,1-3H3,(H,19,21)/t17-/m0/s1. The van der Waals surface area contributed by atoms with Crippen LogP contribution in [0.1, 0.15) is 33.2 Å². The van der Waals surface area contributed by atoms with Gasteiger partial charge in [-0.1, -0.05) is 24.3 Å². The normalized spacial score (nSPS) is 11.8. The quantitative estimate of drug-likeness (QED) is 0.892. The number of carbonyl (C=O) groups is 1. The first-order chi connectivity index (χ1) is 10.5. The maximum Gasteiger partial charge on any atom is 0.251 e. The molecule has 4 heteroatoms. The van der Waals surface area contributed by atoms with E-state index in [1.807, 2.05) is 26.0 Å². The van der Waals surface area contributed by atoms with E-state index in [0.29, 0.717) is 5.56 Å². The van der Waals surface area contributed by atoms with Crippen LogP contribution in [0.2, 0.25) is 0 Å². The molecule has 116 valence electrons. The molecule has 2 aromatic carbocycles. The van der Waals surface area contributed by atoms with E-state index in [4.69, 9.17) is 4.74 Å². The number of aliphatic hydroxyl groups is 1. The Morgan fingerprint density at radius 3 is 2.50 bits per heavy atom. The number of rotatable bonds is 5. The number of carbonyl (C=O) groups excluding carboxylic acids is 1. The minimum Gasteiger partial charge on any atom is -0.497 e. The van der Waals surface area contributed by atoms with Gasteiger partial charge < -0.3 is 15.2 Å². The van der Waals surface area contributed by atoms with Crippen LogP contribution in [0.3, 0.4) is 0 Å². The largest absolute Gasteiger partial charge is 0.497 e. The van der Waals surface area contributed by atoms with Crippen LogP contribution in [0, 0.1) is 13.8 Å². The molecule has 0 aliphatic carbocycles. The molecule has 2 N–H and O–H groups in total. The Balaban J connectivity index is 1.99. The predicted molar refractivity (Wildman–Crippen MR) is 86.2 cm³/mol. The van der Waals surface area contributed by atoms with E-state index in [0.717, 1.165) is 22.4 Å². The first kappa shape index (κ1) is 16.0. The zero-order valence-electron chi connectivity index (χ0n) is 13.1. The van der Waals surface area contributed by atoms with Crippen LogP contribution in [0.5, 0.6) is 5.75 Å². The van der Waals surface area contributed by atoms with Crippen LogP contribution >= 0.6 is 0 Å². The van der Waals surface area contributed by atoms with Crippen molar-refractivity contribution < 1.29 is 14.6 Å². The highest BCUT2D eigenvalue weighted by molar-refractivity contribution is 5.95. The van der Waals surface area contributed by atoms with Gasteiger partial charge in [-0.15, -0.1) is 0 Å². The summed E-state index contributed by atoms with van der Waals surface area (Å²) in [5.41, 5.74) is 3.41. The minimum absolute atomic E-state index is 0.165. The number of benzene rings is 2. The Labute approximate surface area is 130 Å². The summed E-state index contributed by atoms with van der Waals surface area (Å²) in [5, 5.41) is 12.9. The third kappa shape index (κ3) is 3.65. The molecule has 0 unspecified atom stereocenters. The first-order valence-corrected chi connectivity index (χ1v) is 7.19. The molecule has 2 rings (SSSR count). The molecule has 0 saturated heterocycles. The highest BCUT2D eigenvalue weighted by Crippen LogP contribution is 2.17. The fourth-order valence-electron chi connectivity index (χ4n) is 2.23. The van der Waals surface area contributed by atoms with Crippen molar-refractivity contribution in [3.8, 4) is 5.75 Å². The Hall–Kier alpha value is -2.33. The van der Waals surface area contributed by atoms with E-state index in [2.05, 4.69) is 5.32 Å². The number of ether oxygens (including phenoxy) is 1. The van der Waals surface area contributed by atoms with E-state index in [-0.39, 0.29) is 12.5 Å². The number of amides is 1. The number of hydrogen-bond acceptors (Lipinski definition) is 3. The fraction of sp³-hybridized carbons (Fsp3) is 0.278. The van der Waals surface area contributed by atoms with Crippen molar-refractivity contribution in [2.24, 2.45) is 0 Å². The van der Waals surface area contributed by atoms with Gasteiger partial charge in [-0.05, 0) is 48.7 Å². The van der Waals surface area contributed by atoms with Gasteiger partial charge in [0.2, 0.25) is 0 Å². The number of aliphatic hydroxyl groups excluding tert-OH is 1. The second-order valence-electron chi connectivity index (χ2n) is 5.25. The van der Waals surface area contributed by atoms with E-state index in [1.165, 1.54) is 0 Å². The van der Waals surface area contributed by atoms with Gasteiger partial charge in [-0.2, -0.15) is 0 Å². The number of hydrogen-bond donors (Lipinski definition) is 2. The van der Waals surface area contributed by atoms with Crippen molar-refractivity contribution in [3.63, 3.8) is 0 Å². The third-order valence-electron chi connectivity index (χ3n) is 3.81. The van der Waals surface area contributed by atoms with Gasteiger partial charge in [-0.25, -0.2) is 0 Å². The van der Waals surface area contributed by atoms with Gasteiger partial charge in [-0.3, -0.25) is 4.79 Å². The second kappa shape index (κ2) is 7.09. The SMILES string of the molecule is COc1ccc([C@@H](O)CNC(=O)c2cccc(C)c2C)cc1. The van der Waals surface area contributed by atoms with Crippen molar-refractivity contribution in [1.82, 2.24) is 5.32 Å². The molecule has 2 aromatic rings. The van der Waals surface area contributed by atoms with Crippen LogP contribution in [0.15, 0.2) is 42.5 Å². The van der Waals surface area contributed by atoms with Crippen LogP contribution in [-0.2, 0) is 0 Å². The van der Waals surface area contributed by atoms with Crippen LogP contribution in [0.25, 0.3) is 0 Å². The summed E-state index contributed by atoms with van der Waals surface area (Å²) in [6, 6.07) is 12.8. The summed E-state index contributed by atoms with van der Waals surface area (Å²) >= 11 is 0. The molecule has 22 heavy (non-hydrogen) atoms. The van der Waals surface area contributed by atoms with Gasteiger partial charge in [0.15, 0.2) is 0 Å². The Morgan fingerprint density at radius 1 is 1.18 bits per heavy atom. The van der Waals surface area contributed by atoms with E-state index >= 15 is 0 Å². The third-order valence-corrected chi connectivity index (χ3v) is 3.81. The zero-order valence-corrected chi connectivity index (χ0v) is 13.1. The van der Waals surface area contributed by atoms with E-state index in [9.17, 15) is 9.90 Å². The number of aryl methyl sites for hydroxylation is 1. The summed E-state index contributed by atoms with van der Waals surface area (Å²) in [4.78, 5) is 12.2. The fourth-order valence-corrected chi connectivity index (χ4v) is 2.23. The molecule has 1 amide bonds. The van der Waals surface area contributed by atoms with Crippen molar-refractivity contribution >= 4 is 5.91 Å². The molecule has 0 aliphatic rings. The molecule has 0 spiro atoms. The molecule has 4 nitrogen and oxygen atoms in total. The number of methoxy groups -OCH3 is 1. The average Bonchev–Trinajstić information content (AvgIpc) is 2.55. The molecule has 0 aliphatic heterocycles. The lowest BCUT2D eigenvalue weighted by Crippen LogP contribution is -2.29. The van der Waals surface area contributed by atoms with Gasteiger partial charge >= 0.3 is 0 Å². The van der Waals surface area contributed by atoms with Gasteiger partial charge in [0.1, 0.15) is 5.75 Å². The molecule has 0 radical (unpaired) electrons. The highest BCUT2D eigenvalue weighted by atomic mass is 16.5. The first-order valence-electron chi connectivity index (χ1n) is 7.19. The van der Waals surface area contributed by atoms with Crippen LogP contribution in [-0.4, -0.2) is 24.7 Å². The summed E-state index contributed by atoms with van der Waals surface area (Å²) < 4.78 is 5.08. The summed E-state index contributed by atoms with van der Waals surface area (Å²) in [6.07, 6.45) is -0.750. The van der Waals surface area contributed by atoms with Gasteiger partial charge in [0.05, 0.1) is 13.2 Å². The Bertz CT molecular complexity index is 650. The maximum atomic E-state index is 12.2. The minimum atomic E-state index is -0.750. The summed E-state index contributed by atoms with van der Waals surface area (Å²) in [5.74, 6) is 0.559. The topological polar surface area (TPSA) is 58.6 Å². The van der Waals surface area contributed by atoms with Gasteiger partial charge in [0.25, 0.3) is 5.91 Å². The van der Waals surface area contributed by atoms with Crippen molar-refractivity contribution in [2.45, 2.75) is 20.0 Å². The highest BCUT2D eigenvalue weighted by Gasteiger charge is 2.13. The molecular weight excluding hydrogens is 278 g/mol. The van der Waals surface area contributed by atoms with Crippen molar-refractivity contribution in [1.29, 1.82) is 0 Å². The van der Waals surface area contributed by atoms with Crippen LogP contribution in [0.4, 0.5) is 0 Å². The summed E-state index contributed by atoms with van der Waals surface area (Å²) in [7, 11) is 1.59. The predicted octanol–water partition coefficient (Wildman–Crippen LogP) is 2.78. The lowest BCUT2D eigenvalue weighted by atomic mass is 10.0. The zero-order chi connectivity index (χ0) is 16.1. The molecule has 1 atom stereocenters. The van der Waals surface area contributed by atoms with Crippen molar-refractivity contribution in [2.75, 3.05) is 13.7 Å². The average molecular weight is 299 g/mol. The second-order valence-corrected chi connectivity index (χ2v) is 5.25. The monoisotopic (exact) mass is 299 g/mol. The Kier molecular flexibility index (Phi) is 5.17. The molecule has 0 aromatic heterocycles. The van der Waals surface area contributed by atoms with Gasteiger partial charge in [0, 0.05) is 12.1 Å². The Morgan fingerprint density at radius 2 is 1.86 bits per heavy atom.